The molecule has 9 heteroatoms. The molecule has 0 saturated carbocycles. The predicted octanol–water partition coefficient (Wildman–Crippen LogP) is 2.45. The van der Waals surface area contributed by atoms with Gasteiger partial charge in [-0.1, -0.05) is 19.1 Å². The molecule has 0 saturated heterocycles. The highest BCUT2D eigenvalue weighted by Crippen LogP contribution is 2.18. The van der Waals surface area contributed by atoms with Gasteiger partial charge in [0.05, 0.1) is 0 Å². The molecule has 1 aromatic carbocycles. The van der Waals surface area contributed by atoms with Crippen molar-refractivity contribution in [2.24, 2.45) is 0 Å². The summed E-state index contributed by atoms with van der Waals surface area (Å²) in [5.41, 5.74) is 1.40. The van der Waals surface area contributed by atoms with Gasteiger partial charge in [-0.05, 0) is 37.5 Å². The number of halogens is 1. The van der Waals surface area contributed by atoms with Gasteiger partial charge in [0.25, 0.3) is 11.8 Å². The summed E-state index contributed by atoms with van der Waals surface area (Å²) in [5.74, 6) is -0.916. The fraction of sp³-hybridized carbons (Fsp3) is 0.478. The molecule has 172 valence electrons. The first-order chi connectivity index (χ1) is 15.4. The Labute approximate surface area is 187 Å². The number of nitrogens with zero attached hydrogens (tertiary/aromatic N) is 4. The number of rotatable bonds is 9. The third-order valence-corrected chi connectivity index (χ3v) is 5.44. The van der Waals surface area contributed by atoms with E-state index in [1.807, 2.05) is 13.8 Å². The Morgan fingerprint density at radius 1 is 1.19 bits per heavy atom. The Kier molecular flexibility index (Phi) is 7.97. The third kappa shape index (κ3) is 5.72. The number of nitrogens with one attached hydrogen (secondary N) is 1. The Hall–Kier alpha value is -3.23. The zero-order valence-corrected chi connectivity index (χ0v) is 18.6. The van der Waals surface area contributed by atoms with Gasteiger partial charge in [-0.25, -0.2) is 4.39 Å². The maximum atomic E-state index is 13.2. The van der Waals surface area contributed by atoms with Crippen molar-refractivity contribution in [1.29, 1.82) is 0 Å². The van der Waals surface area contributed by atoms with Crippen LogP contribution in [-0.2, 0) is 17.9 Å². The van der Waals surface area contributed by atoms with Crippen LogP contribution in [0.1, 0.15) is 59.7 Å². The van der Waals surface area contributed by atoms with Crippen LogP contribution in [0.25, 0.3) is 0 Å². The number of benzene rings is 1. The molecule has 32 heavy (non-hydrogen) atoms. The van der Waals surface area contributed by atoms with E-state index in [4.69, 9.17) is 0 Å². The van der Waals surface area contributed by atoms with Crippen molar-refractivity contribution in [1.82, 2.24) is 24.9 Å². The number of carbonyl (C=O) groups excluding carboxylic acids is 3. The van der Waals surface area contributed by atoms with Gasteiger partial charge in [0.15, 0.2) is 5.69 Å². The lowest BCUT2D eigenvalue weighted by Crippen LogP contribution is -2.35. The minimum absolute atomic E-state index is 0.0923. The van der Waals surface area contributed by atoms with E-state index in [-0.39, 0.29) is 42.2 Å². The van der Waals surface area contributed by atoms with Gasteiger partial charge in [0, 0.05) is 51.8 Å². The maximum absolute atomic E-state index is 13.2. The highest BCUT2D eigenvalue weighted by molar-refractivity contribution is 5.98. The molecule has 3 rings (SSSR count). The van der Waals surface area contributed by atoms with E-state index in [2.05, 4.69) is 10.4 Å². The summed E-state index contributed by atoms with van der Waals surface area (Å²) < 4.78 is 14.8. The Balaban J connectivity index is 1.70. The monoisotopic (exact) mass is 443 g/mol. The molecule has 1 aliphatic rings. The van der Waals surface area contributed by atoms with E-state index in [9.17, 15) is 18.8 Å². The van der Waals surface area contributed by atoms with Crippen LogP contribution in [0.4, 0.5) is 4.39 Å². The summed E-state index contributed by atoms with van der Waals surface area (Å²) in [5, 5.41) is 7.19. The molecule has 3 amide bonds. The quantitative estimate of drug-likeness (QED) is 0.645. The second kappa shape index (κ2) is 10.9. The Bertz CT molecular complexity index is 957. The van der Waals surface area contributed by atoms with Crippen molar-refractivity contribution in [3.63, 3.8) is 0 Å². The Morgan fingerprint density at radius 2 is 1.94 bits per heavy atom. The standard InChI is InChI=1S/C23H30FN5O3/c1-3-11-25-21(30)10-14-27(4-2)22(31)19-15-20-23(32)28(12-5-13-29(20)26-19)16-17-6-8-18(24)9-7-17/h6-9,15H,3-5,10-14,16H2,1-2H3,(H,25,30). The molecule has 1 N–H and O–H groups in total. The summed E-state index contributed by atoms with van der Waals surface area (Å²) in [6.07, 6.45) is 1.77. The molecule has 1 aliphatic heterocycles. The molecule has 2 heterocycles. The van der Waals surface area contributed by atoms with Crippen molar-refractivity contribution < 1.29 is 18.8 Å². The van der Waals surface area contributed by atoms with Gasteiger partial charge in [0.2, 0.25) is 5.91 Å². The molecule has 0 atom stereocenters. The van der Waals surface area contributed by atoms with Crippen LogP contribution in [0.3, 0.4) is 0 Å². The zero-order chi connectivity index (χ0) is 23.1. The molecule has 0 aliphatic carbocycles. The highest BCUT2D eigenvalue weighted by Gasteiger charge is 2.27. The molecule has 1 aromatic heterocycles. The van der Waals surface area contributed by atoms with Crippen LogP contribution in [0, 0.1) is 5.82 Å². The average molecular weight is 444 g/mol. The summed E-state index contributed by atoms with van der Waals surface area (Å²) in [6.45, 7) is 6.61. The molecular weight excluding hydrogens is 413 g/mol. The van der Waals surface area contributed by atoms with Gasteiger partial charge >= 0.3 is 0 Å². The number of hydrogen-bond donors (Lipinski definition) is 1. The van der Waals surface area contributed by atoms with Crippen LogP contribution >= 0.6 is 0 Å². The van der Waals surface area contributed by atoms with Crippen molar-refractivity contribution in [2.45, 2.75) is 46.2 Å². The molecule has 8 nitrogen and oxygen atoms in total. The summed E-state index contributed by atoms with van der Waals surface area (Å²) in [7, 11) is 0. The summed E-state index contributed by atoms with van der Waals surface area (Å²) in [6, 6.07) is 7.61. The molecule has 2 aromatic rings. The summed E-state index contributed by atoms with van der Waals surface area (Å²) in [4.78, 5) is 41.2. The second-order valence-corrected chi connectivity index (χ2v) is 7.83. The predicted molar refractivity (Wildman–Crippen MR) is 117 cm³/mol. The number of hydrogen-bond acceptors (Lipinski definition) is 4. The van der Waals surface area contributed by atoms with E-state index in [1.165, 1.54) is 18.2 Å². The molecule has 0 spiro atoms. The number of carbonyl (C=O) groups is 3. The topological polar surface area (TPSA) is 87.5 Å². The minimum atomic E-state index is -0.319. The lowest BCUT2D eigenvalue weighted by molar-refractivity contribution is -0.121. The lowest BCUT2D eigenvalue weighted by atomic mass is 10.2. The van der Waals surface area contributed by atoms with Crippen molar-refractivity contribution in [3.8, 4) is 0 Å². The van der Waals surface area contributed by atoms with E-state index >= 15 is 0 Å². The number of amides is 3. The van der Waals surface area contributed by atoms with E-state index < -0.39 is 0 Å². The zero-order valence-electron chi connectivity index (χ0n) is 18.6. The van der Waals surface area contributed by atoms with E-state index in [1.54, 1.807) is 26.6 Å². The first-order valence-electron chi connectivity index (χ1n) is 11.1. The molecule has 0 radical (unpaired) electrons. The molecule has 0 unspecified atom stereocenters. The largest absolute Gasteiger partial charge is 0.356 e. The van der Waals surface area contributed by atoms with Crippen LogP contribution in [-0.4, -0.2) is 63.5 Å². The molecule has 0 bridgehead atoms. The third-order valence-electron chi connectivity index (χ3n) is 5.44. The van der Waals surface area contributed by atoms with Crippen molar-refractivity contribution in [3.05, 3.63) is 53.1 Å². The smallest absolute Gasteiger partial charge is 0.274 e. The average Bonchev–Trinajstić information content (AvgIpc) is 3.16. The van der Waals surface area contributed by atoms with Gasteiger partial charge < -0.3 is 15.1 Å². The first-order valence-corrected chi connectivity index (χ1v) is 11.1. The molecular formula is C23H30FN5O3. The van der Waals surface area contributed by atoms with Crippen LogP contribution in [0.5, 0.6) is 0 Å². The Morgan fingerprint density at radius 3 is 2.62 bits per heavy atom. The van der Waals surface area contributed by atoms with E-state index in [0.717, 1.165) is 12.0 Å². The van der Waals surface area contributed by atoms with Crippen LogP contribution in [0.2, 0.25) is 0 Å². The number of aromatic nitrogens is 2. The second-order valence-electron chi connectivity index (χ2n) is 7.83. The van der Waals surface area contributed by atoms with E-state index in [0.29, 0.717) is 44.8 Å². The normalized spacial score (nSPS) is 13.5. The fourth-order valence-corrected chi connectivity index (χ4v) is 3.65. The van der Waals surface area contributed by atoms with Crippen molar-refractivity contribution in [2.75, 3.05) is 26.2 Å². The maximum Gasteiger partial charge on any atom is 0.274 e. The number of aryl methyl sites for hydroxylation is 1. The van der Waals surface area contributed by atoms with Gasteiger partial charge in [0.1, 0.15) is 11.5 Å². The summed E-state index contributed by atoms with van der Waals surface area (Å²) >= 11 is 0. The minimum Gasteiger partial charge on any atom is -0.356 e. The van der Waals surface area contributed by atoms with Crippen LogP contribution < -0.4 is 5.32 Å². The molecule has 0 fully saturated rings. The highest BCUT2D eigenvalue weighted by atomic mass is 19.1. The van der Waals surface area contributed by atoms with Crippen LogP contribution in [0.15, 0.2) is 30.3 Å². The van der Waals surface area contributed by atoms with Gasteiger partial charge in [-0.3, -0.25) is 19.1 Å². The first kappa shape index (κ1) is 23.4. The SMILES string of the molecule is CCCNC(=O)CCN(CC)C(=O)c1cc2n(n1)CCCN(Cc1ccc(F)cc1)C2=O. The van der Waals surface area contributed by atoms with Gasteiger partial charge in [-0.15, -0.1) is 0 Å². The van der Waals surface area contributed by atoms with Gasteiger partial charge in [-0.2, -0.15) is 5.10 Å². The lowest BCUT2D eigenvalue weighted by Gasteiger charge is -2.20. The number of fused-ring (bicyclic) bond motifs is 1. The fourth-order valence-electron chi connectivity index (χ4n) is 3.65. The van der Waals surface area contributed by atoms with Crippen molar-refractivity contribution >= 4 is 17.7 Å².